The lowest BCUT2D eigenvalue weighted by Crippen LogP contribution is -2.39. The maximum absolute atomic E-state index is 13.1. The fraction of sp³-hybridized carbons (Fsp3) is 0.433. The van der Waals surface area contributed by atoms with Crippen LogP contribution in [0.3, 0.4) is 0 Å². The summed E-state index contributed by atoms with van der Waals surface area (Å²) in [6.07, 6.45) is 0.416. The van der Waals surface area contributed by atoms with Gasteiger partial charge < -0.3 is 35.8 Å². The predicted octanol–water partition coefficient (Wildman–Crippen LogP) is 1.64. The van der Waals surface area contributed by atoms with Crippen molar-refractivity contribution in [3.8, 4) is 0 Å². The van der Waals surface area contributed by atoms with Gasteiger partial charge in [-0.2, -0.15) is 0 Å². The molecule has 2 aromatic carbocycles. The van der Waals surface area contributed by atoms with Gasteiger partial charge in [-0.05, 0) is 74.1 Å². The summed E-state index contributed by atoms with van der Waals surface area (Å²) in [6.45, 7) is 3.28. The lowest BCUT2D eigenvalue weighted by Gasteiger charge is -2.31. The summed E-state index contributed by atoms with van der Waals surface area (Å²) in [5.74, 6) is -1.09. The monoisotopic (exact) mass is 579 g/mol. The molecule has 2 atom stereocenters. The van der Waals surface area contributed by atoms with E-state index in [2.05, 4.69) is 10.3 Å². The molecule has 12 nitrogen and oxygen atoms in total. The Balaban J connectivity index is 1.27. The highest BCUT2D eigenvalue weighted by Crippen LogP contribution is 2.24. The predicted molar refractivity (Wildman–Crippen MR) is 157 cm³/mol. The van der Waals surface area contributed by atoms with E-state index in [4.69, 9.17) is 15.6 Å². The number of nitrogens with two attached hydrogens (primary N) is 1. The molecule has 12 heteroatoms. The number of ether oxygens (including phenoxy) is 1. The number of aliphatic carboxylic acids is 1. The van der Waals surface area contributed by atoms with Gasteiger partial charge in [-0.15, -0.1) is 0 Å². The number of anilines is 2. The zero-order valence-corrected chi connectivity index (χ0v) is 23.6. The Labute approximate surface area is 244 Å². The molecule has 2 heterocycles. The van der Waals surface area contributed by atoms with Crippen LogP contribution in [-0.4, -0.2) is 90.1 Å². The van der Waals surface area contributed by atoms with Gasteiger partial charge in [0, 0.05) is 55.1 Å². The summed E-state index contributed by atoms with van der Waals surface area (Å²) in [4.78, 5) is 55.8. The fourth-order valence-corrected chi connectivity index (χ4v) is 5.20. The van der Waals surface area contributed by atoms with Gasteiger partial charge in [0.1, 0.15) is 5.84 Å². The summed E-state index contributed by atoms with van der Waals surface area (Å²) >= 11 is 0. The fourth-order valence-electron chi connectivity index (χ4n) is 5.20. The number of benzene rings is 2. The van der Waals surface area contributed by atoms with Crippen molar-refractivity contribution in [3.63, 3.8) is 0 Å². The Morgan fingerprint density at radius 2 is 1.98 bits per heavy atom. The molecular formula is C30H37N5O7. The maximum atomic E-state index is 13.1. The number of nitrogens with zero attached hydrogens (tertiary/aromatic N) is 3. The van der Waals surface area contributed by atoms with Gasteiger partial charge in [0.05, 0.1) is 12.7 Å². The van der Waals surface area contributed by atoms with Crippen molar-refractivity contribution in [1.82, 2.24) is 4.90 Å². The average molecular weight is 580 g/mol. The number of carboxylic acid groups (broad SMARTS) is 1. The number of amidine groups is 1. The van der Waals surface area contributed by atoms with Crippen LogP contribution in [0.15, 0.2) is 47.5 Å². The van der Waals surface area contributed by atoms with E-state index in [0.717, 1.165) is 11.1 Å². The molecule has 0 aromatic heterocycles. The number of carbonyl (C=O) groups is 4. The Bertz CT molecular complexity index is 1340. The van der Waals surface area contributed by atoms with Gasteiger partial charge in [-0.1, -0.05) is 6.07 Å². The molecule has 42 heavy (non-hydrogen) atoms. The molecule has 1 saturated heterocycles. The van der Waals surface area contributed by atoms with E-state index in [1.54, 1.807) is 48.2 Å². The van der Waals surface area contributed by atoms with Gasteiger partial charge >= 0.3 is 5.97 Å². The number of aliphatic hydroxyl groups excluding tert-OH is 1. The van der Waals surface area contributed by atoms with Crippen molar-refractivity contribution in [2.45, 2.75) is 44.8 Å². The summed E-state index contributed by atoms with van der Waals surface area (Å²) in [6, 6.07) is 12.0. The summed E-state index contributed by atoms with van der Waals surface area (Å²) in [7, 11) is 0. The van der Waals surface area contributed by atoms with Crippen LogP contribution < -0.4 is 16.0 Å². The van der Waals surface area contributed by atoms with Crippen LogP contribution in [0.4, 0.5) is 11.4 Å². The van der Waals surface area contributed by atoms with Gasteiger partial charge in [0.25, 0.3) is 11.8 Å². The molecule has 1 unspecified atom stereocenters. The smallest absolute Gasteiger partial charge is 0.303 e. The highest BCUT2D eigenvalue weighted by Gasteiger charge is 2.26. The van der Waals surface area contributed by atoms with Crippen LogP contribution in [0.1, 0.15) is 47.7 Å². The van der Waals surface area contributed by atoms with Gasteiger partial charge in [-0.25, -0.2) is 0 Å². The van der Waals surface area contributed by atoms with Gasteiger partial charge in [0.15, 0.2) is 6.10 Å². The number of fused-ring (bicyclic) bond motifs is 1. The number of amides is 3. The minimum Gasteiger partial charge on any atom is -0.481 e. The number of nitrogens with one attached hydrogen (secondary N) is 1. The first kappa shape index (κ1) is 30.7. The molecule has 0 aliphatic carbocycles. The maximum Gasteiger partial charge on any atom is 0.303 e. The molecule has 4 rings (SSSR count). The van der Waals surface area contributed by atoms with Crippen LogP contribution in [0.25, 0.3) is 0 Å². The van der Waals surface area contributed by atoms with Crippen molar-refractivity contribution in [2.75, 3.05) is 43.0 Å². The molecule has 0 saturated carbocycles. The largest absolute Gasteiger partial charge is 0.481 e. The van der Waals surface area contributed by atoms with E-state index in [9.17, 15) is 24.3 Å². The van der Waals surface area contributed by atoms with Crippen LogP contribution in [0.2, 0.25) is 0 Å². The SMILES string of the molecule is C[C@H](OCCN(C=O)c1cccc(C(=O)N2CCC(CC(=O)O)CC2)c1)C(O)C(=O)Nc1ccc2c(c1)CCN=C2N. The second-order valence-corrected chi connectivity index (χ2v) is 10.6. The van der Waals surface area contributed by atoms with E-state index in [1.165, 1.54) is 4.90 Å². The number of hydrogen-bond donors (Lipinski definition) is 4. The first-order valence-electron chi connectivity index (χ1n) is 14.0. The van der Waals surface area contributed by atoms with E-state index in [0.29, 0.717) is 68.1 Å². The molecule has 3 amide bonds. The molecule has 0 spiro atoms. The van der Waals surface area contributed by atoms with Crippen LogP contribution in [0.5, 0.6) is 0 Å². The number of hydrogen-bond acceptors (Lipinski definition) is 8. The molecule has 0 radical (unpaired) electrons. The summed E-state index contributed by atoms with van der Waals surface area (Å²) in [5, 5.41) is 22.2. The lowest BCUT2D eigenvalue weighted by atomic mass is 9.93. The third-order valence-electron chi connectivity index (χ3n) is 7.66. The van der Waals surface area contributed by atoms with Crippen molar-refractivity contribution in [3.05, 3.63) is 59.2 Å². The van der Waals surface area contributed by atoms with Gasteiger partial charge in [0.2, 0.25) is 6.41 Å². The molecule has 0 bridgehead atoms. The Morgan fingerprint density at radius 3 is 2.69 bits per heavy atom. The van der Waals surface area contributed by atoms with Gasteiger partial charge in [-0.3, -0.25) is 24.2 Å². The number of aliphatic imine (C=N–C) groups is 1. The van der Waals surface area contributed by atoms with E-state index < -0.39 is 24.1 Å². The number of likely N-dealkylation sites (tertiary alicyclic amines) is 1. The quantitative estimate of drug-likeness (QED) is 0.275. The topological polar surface area (TPSA) is 175 Å². The van der Waals surface area contributed by atoms with E-state index in [1.807, 2.05) is 6.07 Å². The van der Waals surface area contributed by atoms with Crippen LogP contribution in [0, 0.1) is 5.92 Å². The third kappa shape index (κ3) is 7.71. The first-order valence-corrected chi connectivity index (χ1v) is 14.0. The Kier molecular flexibility index (Phi) is 10.3. The zero-order chi connectivity index (χ0) is 30.2. The minimum absolute atomic E-state index is 0.0387. The number of carbonyl (C=O) groups excluding carboxylic acids is 3. The molecule has 5 N–H and O–H groups in total. The molecular weight excluding hydrogens is 542 g/mol. The number of carboxylic acids is 1. The molecule has 2 aliphatic rings. The standard InChI is InChI=1S/C30H37N5O7/c1-19(27(39)29(40)33-23-5-6-25-21(16-23)7-10-32-28(25)31)42-14-13-35(18-36)24-4-2-3-22(17-24)30(41)34-11-8-20(9-12-34)15-26(37)38/h2-6,16-20,27,39H,7-15H2,1H3,(H2,31,32)(H,33,40)(H,37,38)/t19-,27?/m0/s1. The Hall–Kier alpha value is -4.29. The average Bonchev–Trinajstić information content (AvgIpc) is 2.98. The lowest BCUT2D eigenvalue weighted by molar-refractivity contribution is -0.138. The molecule has 1 fully saturated rings. The molecule has 2 aliphatic heterocycles. The van der Waals surface area contributed by atoms with E-state index in [-0.39, 0.29) is 31.4 Å². The molecule has 2 aromatic rings. The van der Waals surface area contributed by atoms with Crippen molar-refractivity contribution in [1.29, 1.82) is 0 Å². The number of rotatable bonds is 12. The second-order valence-electron chi connectivity index (χ2n) is 10.6. The Morgan fingerprint density at radius 1 is 1.21 bits per heavy atom. The van der Waals surface area contributed by atoms with Crippen molar-refractivity contribution < 1.29 is 34.1 Å². The first-order chi connectivity index (χ1) is 20.2. The summed E-state index contributed by atoms with van der Waals surface area (Å²) in [5.41, 5.74) is 9.19. The third-order valence-corrected chi connectivity index (χ3v) is 7.66. The number of aliphatic hydroxyl groups is 1. The van der Waals surface area contributed by atoms with Crippen molar-refractivity contribution in [2.24, 2.45) is 16.6 Å². The second kappa shape index (κ2) is 14.1. The summed E-state index contributed by atoms with van der Waals surface area (Å²) < 4.78 is 5.67. The normalized spacial score (nSPS) is 16.5. The van der Waals surface area contributed by atoms with Crippen LogP contribution >= 0.6 is 0 Å². The number of piperidine rings is 1. The van der Waals surface area contributed by atoms with Crippen molar-refractivity contribution >= 4 is 41.4 Å². The zero-order valence-electron chi connectivity index (χ0n) is 23.6. The van der Waals surface area contributed by atoms with Crippen LogP contribution in [-0.2, 0) is 25.5 Å². The highest BCUT2D eigenvalue weighted by molar-refractivity contribution is 6.01. The molecule has 224 valence electrons. The minimum atomic E-state index is -1.45. The highest BCUT2D eigenvalue weighted by atomic mass is 16.5. The van der Waals surface area contributed by atoms with E-state index >= 15 is 0 Å².